The molecule has 0 aliphatic carbocycles. The summed E-state index contributed by atoms with van der Waals surface area (Å²) in [7, 11) is -3.68. The third kappa shape index (κ3) is 10.3. The molecule has 132 valence electrons. The van der Waals surface area contributed by atoms with Crippen LogP contribution in [0.25, 0.3) is 0 Å². The molecule has 0 aliphatic rings. The first kappa shape index (κ1) is 20.8. The van der Waals surface area contributed by atoms with Crippen molar-refractivity contribution in [1.29, 1.82) is 0 Å². The maximum atomic E-state index is 11.8. The van der Waals surface area contributed by atoms with Gasteiger partial charge in [-0.05, 0) is 29.4 Å². The molecule has 0 atom stereocenters. The summed E-state index contributed by atoms with van der Waals surface area (Å²) >= 11 is 2.39. The normalized spacial score (nSPS) is 11.7. The van der Waals surface area contributed by atoms with Crippen LogP contribution in [0.4, 0.5) is 0 Å². The molecule has 7 heteroatoms. The van der Waals surface area contributed by atoms with Crippen molar-refractivity contribution in [1.82, 2.24) is 0 Å². The predicted octanol–water partition coefficient (Wildman–Crippen LogP) is 3.42. The summed E-state index contributed by atoms with van der Waals surface area (Å²) in [4.78, 5) is 0.158. The second-order valence-corrected chi connectivity index (χ2v) is 7.61. The van der Waals surface area contributed by atoms with Gasteiger partial charge in [0, 0.05) is 6.61 Å². The Morgan fingerprint density at radius 2 is 1.39 bits per heavy atom. The van der Waals surface area contributed by atoms with E-state index in [1.165, 1.54) is 35.8 Å². The van der Waals surface area contributed by atoms with E-state index in [0.717, 1.165) is 13.0 Å². The zero-order chi connectivity index (χ0) is 16.8. The lowest BCUT2D eigenvalue weighted by atomic mass is 10.2. The number of hydrogen-bond acceptors (Lipinski definition) is 5. The number of unbranched alkanes of at least 4 members (excludes halogenated alkanes) is 3. The Labute approximate surface area is 153 Å². The van der Waals surface area contributed by atoms with Crippen LogP contribution in [0.3, 0.4) is 0 Å². The number of rotatable bonds is 14. The molecule has 0 spiro atoms. The lowest BCUT2D eigenvalue weighted by molar-refractivity contribution is 0.0360. The number of halogens is 1. The minimum Gasteiger partial charge on any atom is -0.379 e. The van der Waals surface area contributed by atoms with Crippen molar-refractivity contribution in [2.75, 3.05) is 37.5 Å². The van der Waals surface area contributed by atoms with Crippen molar-refractivity contribution in [2.45, 2.75) is 30.6 Å². The SMILES string of the molecule is O=S(=O)(OCCOCCOCCCCCCI)c1ccccc1. The van der Waals surface area contributed by atoms with E-state index in [2.05, 4.69) is 22.6 Å². The first-order valence-electron chi connectivity index (χ1n) is 7.83. The van der Waals surface area contributed by atoms with Gasteiger partial charge in [0.25, 0.3) is 10.1 Å². The fourth-order valence-electron chi connectivity index (χ4n) is 1.83. The molecule has 5 nitrogen and oxygen atoms in total. The average molecular weight is 456 g/mol. The summed E-state index contributed by atoms with van der Waals surface area (Å²) in [6.45, 7) is 1.96. The minimum atomic E-state index is -3.68. The largest absolute Gasteiger partial charge is 0.379 e. The quantitative estimate of drug-likeness (QED) is 0.186. The Bertz CT molecular complexity index is 492. The Morgan fingerprint density at radius 1 is 0.783 bits per heavy atom. The predicted molar refractivity (Wildman–Crippen MR) is 98.6 cm³/mol. The van der Waals surface area contributed by atoms with Gasteiger partial charge in [-0.15, -0.1) is 0 Å². The fourth-order valence-corrected chi connectivity index (χ4v) is 3.29. The molecule has 0 bridgehead atoms. The van der Waals surface area contributed by atoms with Crippen molar-refractivity contribution >= 4 is 32.7 Å². The smallest absolute Gasteiger partial charge is 0.297 e. The molecule has 0 saturated carbocycles. The van der Waals surface area contributed by atoms with Crippen LogP contribution in [0.15, 0.2) is 35.2 Å². The van der Waals surface area contributed by atoms with Gasteiger partial charge in [-0.25, -0.2) is 0 Å². The zero-order valence-electron chi connectivity index (χ0n) is 13.3. The van der Waals surface area contributed by atoms with Crippen LogP contribution in [-0.4, -0.2) is 45.9 Å². The Morgan fingerprint density at radius 3 is 2.09 bits per heavy atom. The second-order valence-electron chi connectivity index (χ2n) is 4.92. The van der Waals surface area contributed by atoms with Gasteiger partial charge in [-0.3, -0.25) is 4.18 Å². The summed E-state index contributed by atoms with van der Waals surface area (Å²) < 4.78 is 40.5. The number of benzene rings is 1. The van der Waals surface area contributed by atoms with Crippen molar-refractivity contribution in [2.24, 2.45) is 0 Å². The highest BCUT2D eigenvalue weighted by atomic mass is 127. The molecule has 0 saturated heterocycles. The number of ether oxygens (including phenoxy) is 2. The highest BCUT2D eigenvalue weighted by Gasteiger charge is 2.13. The fraction of sp³-hybridized carbons (Fsp3) is 0.625. The first-order chi connectivity index (χ1) is 11.2. The van der Waals surface area contributed by atoms with E-state index in [0.29, 0.717) is 13.2 Å². The summed E-state index contributed by atoms with van der Waals surface area (Å²) in [6, 6.07) is 8.08. The molecule has 0 aliphatic heterocycles. The molecular formula is C16H25IO5S. The number of alkyl halides is 1. The van der Waals surface area contributed by atoms with Gasteiger partial charge in [0.2, 0.25) is 0 Å². The van der Waals surface area contributed by atoms with E-state index < -0.39 is 10.1 Å². The van der Waals surface area contributed by atoms with E-state index >= 15 is 0 Å². The molecule has 23 heavy (non-hydrogen) atoms. The van der Waals surface area contributed by atoms with E-state index in [-0.39, 0.29) is 18.1 Å². The average Bonchev–Trinajstić information content (AvgIpc) is 2.56. The lowest BCUT2D eigenvalue weighted by Gasteiger charge is -2.07. The van der Waals surface area contributed by atoms with Crippen LogP contribution < -0.4 is 0 Å². The topological polar surface area (TPSA) is 61.8 Å². The van der Waals surface area contributed by atoms with Crippen molar-refractivity contribution < 1.29 is 22.1 Å². The molecule has 0 heterocycles. The van der Waals surface area contributed by atoms with Gasteiger partial charge in [-0.1, -0.05) is 53.6 Å². The highest BCUT2D eigenvalue weighted by Crippen LogP contribution is 2.10. The minimum absolute atomic E-state index is 0.00747. The van der Waals surface area contributed by atoms with Gasteiger partial charge >= 0.3 is 0 Å². The van der Waals surface area contributed by atoms with E-state index in [9.17, 15) is 8.42 Å². The van der Waals surface area contributed by atoms with Gasteiger partial charge in [0.15, 0.2) is 0 Å². The summed E-state index contributed by atoms with van der Waals surface area (Å²) in [6.07, 6.45) is 4.82. The van der Waals surface area contributed by atoms with Gasteiger partial charge in [0.05, 0.1) is 31.3 Å². The van der Waals surface area contributed by atoms with Gasteiger partial charge in [0.1, 0.15) is 0 Å². The van der Waals surface area contributed by atoms with Gasteiger partial charge in [-0.2, -0.15) is 8.42 Å². The number of hydrogen-bond donors (Lipinski definition) is 0. The molecule has 1 aromatic rings. The van der Waals surface area contributed by atoms with Crippen LogP contribution in [0.2, 0.25) is 0 Å². The Kier molecular flexibility index (Phi) is 11.9. The molecule has 1 rings (SSSR count). The van der Waals surface area contributed by atoms with Crippen LogP contribution in [0, 0.1) is 0 Å². The van der Waals surface area contributed by atoms with Gasteiger partial charge < -0.3 is 9.47 Å². The lowest BCUT2D eigenvalue weighted by Crippen LogP contribution is -2.13. The monoisotopic (exact) mass is 456 g/mol. The van der Waals surface area contributed by atoms with E-state index in [1.54, 1.807) is 18.2 Å². The first-order valence-corrected chi connectivity index (χ1v) is 10.8. The highest BCUT2D eigenvalue weighted by molar-refractivity contribution is 14.1. The van der Waals surface area contributed by atoms with Crippen molar-refractivity contribution in [3.63, 3.8) is 0 Å². The maximum absolute atomic E-state index is 11.8. The molecule has 0 N–H and O–H groups in total. The van der Waals surface area contributed by atoms with E-state index in [1.807, 2.05) is 0 Å². The molecule has 0 radical (unpaired) electrons. The van der Waals surface area contributed by atoms with E-state index in [4.69, 9.17) is 13.7 Å². The zero-order valence-corrected chi connectivity index (χ0v) is 16.3. The molecular weight excluding hydrogens is 431 g/mol. The van der Waals surface area contributed by atoms with Crippen LogP contribution in [0.1, 0.15) is 25.7 Å². The van der Waals surface area contributed by atoms with Crippen LogP contribution in [0.5, 0.6) is 0 Å². The summed E-state index contributed by atoms with van der Waals surface area (Å²) in [5.74, 6) is 0. The molecule has 0 amide bonds. The molecule has 0 aromatic heterocycles. The van der Waals surface area contributed by atoms with Crippen molar-refractivity contribution in [3.05, 3.63) is 30.3 Å². The van der Waals surface area contributed by atoms with Crippen LogP contribution >= 0.6 is 22.6 Å². The van der Waals surface area contributed by atoms with Crippen molar-refractivity contribution in [3.8, 4) is 0 Å². The summed E-state index contributed by atoms with van der Waals surface area (Å²) in [5, 5.41) is 0. The van der Waals surface area contributed by atoms with Crippen LogP contribution in [-0.2, 0) is 23.8 Å². The standard InChI is InChI=1S/C16H25IO5S/c17-10-6-1-2-7-11-20-12-13-21-14-15-22-23(18,19)16-8-4-3-5-9-16/h3-5,8-9H,1-2,6-7,10-15H2. The summed E-state index contributed by atoms with van der Waals surface area (Å²) in [5.41, 5.74) is 0. The Hall–Kier alpha value is -0.220. The second kappa shape index (κ2) is 13.1. The Balaban J connectivity index is 1.96. The maximum Gasteiger partial charge on any atom is 0.297 e. The third-order valence-corrected chi connectivity index (χ3v) is 5.13. The molecule has 0 unspecified atom stereocenters. The molecule has 0 fully saturated rings. The molecule has 1 aromatic carbocycles. The third-order valence-electron chi connectivity index (χ3n) is 3.04.